The average Bonchev–Trinajstić information content (AvgIpc) is 2.37. The topological polar surface area (TPSA) is 78.4 Å². The highest BCUT2D eigenvalue weighted by Gasteiger charge is 2.07. The smallest absolute Gasteiger partial charge is 0.314 e. The van der Waals surface area contributed by atoms with Crippen molar-refractivity contribution in [1.29, 1.82) is 0 Å². The lowest BCUT2D eigenvalue weighted by atomic mass is 10.1. The summed E-state index contributed by atoms with van der Waals surface area (Å²) >= 11 is 0. The zero-order valence-corrected chi connectivity index (χ0v) is 12.9. The van der Waals surface area contributed by atoms with Crippen LogP contribution in [0, 0.1) is 0 Å². The van der Waals surface area contributed by atoms with Crippen LogP contribution in [0.2, 0.25) is 0 Å². The fourth-order valence-electron chi connectivity index (χ4n) is 2.01. The van der Waals surface area contributed by atoms with Crippen molar-refractivity contribution in [2.45, 2.75) is 77.7 Å². The predicted octanol–water partition coefficient (Wildman–Crippen LogP) is 3.29. The van der Waals surface area contributed by atoms with Gasteiger partial charge >= 0.3 is 12.0 Å². The van der Waals surface area contributed by atoms with Gasteiger partial charge in [0, 0.05) is 19.0 Å². The second-order valence-electron chi connectivity index (χ2n) is 5.36. The van der Waals surface area contributed by atoms with E-state index in [1.54, 1.807) is 0 Å². The zero-order valence-electron chi connectivity index (χ0n) is 12.9. The maximum absolute atomic E-state index is 11.5. The van der Waals surface area contributed by atoms with Crippen LogP contribution in [0.4, 0.5) is 4.79 Å². The largest absolute Gasteiger partial charge is 0.481 e. The molecule has 0 bridgehead atoms. The normalized spacial score (nSPS) is 11.9. The summed E-state index contributed by atoms with van der Waals surface area (Å²) in [5.74, 6) is -0.787. The first-order valence-electron chi connectivity index (χ1n) is 7.82. The minimum Gasteiger partial charge on any atom is -0.481 e. The molecule has 1 atom stereocenters. The van der Waals surface area contributed by atoms with Crippen molar-refractivity contribution in [1.82, 2.24) is 10.6 Å². The highest BCUT2D eigenvalue weighted by atomic mass is 16.4. The predicted molar refractivity (Wildman–Crippen MR) is 80.9 cm³/mol. The molecule has 0 aromatic heterocycles. The van der Waals surface area contributed by atoms with Gasteiger partial charge in [-0.05, 0) is 26.2 Å². The lowest BCUT2D eigenvalue weighted by molar-refractivity contribution is -0.137. The Labute approximate surface area is 122 Å². The summed E-state index contributed by atoms with van der Waals surface area (Å²) in [6.45, 7) is 4.80. The SMILES string of the molecule is CCCCCCCCNC(=O)NC(C)CCCC(=O)O. The number of aliphatic carboxylic acids is 1. The van der Waals surface area contributed by atoms with Crippen LogP contribution in [-0.4, -0.2) is 29.7 Å². The third kappa shape index (κ3) is 13.2. The van der Waals surface area contributed by atoms with E-state index in [-0.39, 0.29) is 18.5 Å². The summed E-state index contributed by atoms with van der Waals surface area (Å²) in [6, 6.07) is -0.139. The number of carbonyl (C=O) groups is 2. The molecular weight excluding hydrogens is 256 g/mol. The lowest BCUT2D eigenvalue weighted by Crippen LogP contribution is -2.41. The first-order chi connectivity index (χ1) is 9.56. The average molecular weight is 286 g/mol. The highest BCUT2D eigenvalue weighted by Crippen LogP contribution is 2.04. The molecule has 0 rings (SSSR count). The Morgan fingerprint density at radius 3 is 2.35 bits per heavy atom. The van der Waals surface area contributed by atoms with Crippen LogP contribution >= 0.6 is 0 Å². The molecule has 0 aromatic rings. The minimum absolute atomic E-state index is 0.0129. The van der Waals surface area contributed by atoms with E-state index in [0.29, 0.717) is 19.4 Å². The number of rotatable bonds is 12. The first kappa shape index (κ1) is 18.7. The van der Waals surface area contributed by atoms with Crippen molar-refractivity contribution in [2.75, 3.05) is 6.54 Å². The molecule has 0 spiro atoms. The Balaban J connectivity index is 3.41. The number of urea groups is 1. The van der Waals surface area contributed by atoms with E-state index in [1.165, 1.54) is 25.7 Å². The molecule has 0 radical (unpaired) electrons. The fraction of sp³-hybridized carbons (Fsp3) is 0.867. The summed E-state index contributed by atoms with van der Waals surface area (Å²) < 4.78 is 0. The van der Waals surface area contributed by atoms with Gasteiger partial charge in [0.1, 0.15) is 0 Å². The molecule has 0 aromatic carbocycles. The maximum Gasteiger partial charge on any atom is 0.314 e. The van der Waals surface area contributed by atoms with Crippen LogP contribution in [0.3, 0.4) is 0 Å². The van der Waals surface area contributed by atoms with Crippen LogP contribution in [0.15, 0.2) is 0 Å². The molecule has 20 heavy (non-hydrogen) atoms. The Kier molecular flexibility index (Phi) is 12.0. The van der Waals surface area contributed by atoms with Gasteiger partial charge in [-0.1, -0.05) is 39.0 Å². The minimum atomic E-state index is -0.787. The Hall–Kier alpha value is -1.26. The molecule has 5 heteroatoms. The van der Waals surface area contributed by atoms with E-state index in [1.807, 2.05) is 6.92 Å². The van der Waals surface area contributed by atoms with Crippen LogP contribution < -0.4 is 10.6 Å². The zero-order chi connectivity index (χ0) is 15.2. The number of carbonyl (C=O) groups excluding carboxylic acids is 1. The van der Waals surface area contributed by atoms with Crippen molar-refractivity contribution >= 4 is 12.0 Å². The van der Waals surface area contributed by atoms with Crippen LogP contribution in [-0.2, 0) is 4.79 Å². The van der Waals surface area contributed by atoms with Gasteiger partial charge in [-0.15, -0.1) is 0 Å². The monoisotopic (exact) mass is 286 g/mol. The van der Waals surface area contributed by atoms with E-state index in [9.17, 15) is 9.59 Å². The summed E-state index contributed by atoms with van der Waals surface area (Å²) in [5, 5.41) is 14.2. The first-order valence-corrected chi connectivity index (χ1v) is 7.82. The van der Waals surface area contributed by atoms with E-state index >= 15 is 0 Å². The van der Waals surface area contributed by atoms with Crippen LogP contribution in [0.1, 0.15) is 71.6 Å². The van der Waals surface area contributed by atoms with Gasteiger partial charge in [-0.2, -0.15) is 0 Å². The molecule has 0 aliphatic carbocycles. The summed E-state index contributed by atoms with van der Waals surface area (Å²) in [4.78, 5) is 21.9. The molecule has 5 nitrogen and oxygen atoms in total. The quantitative estimate of drug-likeness (QED) is 0.482. The van der Waals surface area contributed by atoms with E-state index in [2.05, 4.69) is 17.6 Å². The fourth-order valence-corrected chi connectivity index (χ4v) is 2.01. The Morgan fingerprint density at radius 1 is 1.05 bits per heavy atom. The Morgan fingerprint density at radius 2 is 1.70 bits per heavy atom. The molecular formula is C15H30N2O3. The van der Waals surface area contributed by atoms with Crippen LogP contribution in [0.25, 0.3) is 0 Å². The number of amides is 2. The van der Waals surface area contributed by atoms with E-state index in [0.717, 1.165) is 12.8 Å². The van der Waals surface area contributed by atoms with Crippen molar-refractivity contribution in [3.8, 4) is 0 Å². The van der Waals surface area contributed by atoms with Gasteiger partial charge in [-0.25, -0.2) is 4.79 Å². The third-order valence-electron chi connectivity index (χ3n) is 3.22. The van der Waals surface area contributed by atoms with Gasteiger partial charge in [-0.3, -0.25) is 4.79 Å². The van der Waals surface area contributed by atoms with E-state index < -0.39 is 5.97 Å². The second-order valence-corrected chi connectivity index (χ2v) is 5.36. The Bertz CT molecular complexity index is 270. The lowest BCUT2D eigenvalue weighted by Gasteiger charge is -2.14. The van der Waals surface area contributed by atoms with Gasteiger partial charge in [0.25, 0.3) is 0 Å². The van der Waals surface area contributed by atoms with Crippen molar-refractivity contribution in [3.05, 3.63) is 0 Å². The molecule has 1 unspecified atom stereocenters. The third-order valence-corrected chi connectivity index (χ3v) is 3.22. The number of hydrogen-bond acceptors (Lipinski definition) is 2. The molecule has 3 N–H and O–H groups in total. The summed E-state index contributed by atoms with van der Waals surface area (Å²) in [5.41, 5.74) is 0. The van der Waals surface area contributed by atoms with Crippen molar-refractivity contribution in [3.63, 3.8) is 0 Å². The number of carboxylic acid groups (broad SMARTS) is 1. The van der Waals surface area contributed by atoms with Crippen molar-refractivity contribution in [2.24, 2.45) is 0 Å². The standard InChI is InChI=1S/C15H30N2O3/c1-3-4-5-6-7-8-12-16-15(20)17-13(2)10-9-11-14(18)19/h13H,3-12H2,1-2H3,(H,18,19)(H2,16,17,20). The molecule has 0 aliphatic heterocycles. The van der Waals surface area contributed by atoms with Gasteiger partial charge in [0.2, 0.25) is 0 Å². The molecule has 2 amide bonds. The number of unbranched alkanes of at least 4 members (excludes halogenated alkanes) is 5. The molecule has 0 fully saturated rings. The second kappa shape index (κ2) is 12.8. The van der Waals surface area contributed by atoms with Gasteiger partial charge in [0.15, 0.2) is 0 Å². The molecule has 118 valence electrons. The molecule has 0 heterocycles. The maximum atomic E-state index is 11.5. The van der Waals surface area contributed by atoms with Crippen molar-refractivity contribution < 1.29 is 14.7 Å². The number of hydrogen-bond donors (Lipinski definition) is 3. The number of carboxylic acids is 1. The molecule has 0 saturated heterocycles. The van der Waals surface area contributed by atoms with Gasteiger partial charge in [0.05, 0.1) is 0 Å². The summed E-state index contributed by atoms with van der Waals surface area (Å²) in [6.07, 6.45) is 8.68. The van der Waals surface area contributed by atoms with E-state index in [4.69, 9.17) is 5.11 Å². The van der Waals surface area contributed by atoms with Crippen LogP contribution in [0.5, 0.6) is 0 Å². The molecule has 0 aliphatic rings. The number of nitrogens with one attached hydrogen (secondary N) is 2. The summed E-state index contributed by atoms with van der Waals surface area (Å²) in [7, 11) is 0. The highest BCUT2D eigenvalue weighted by molar-refractivity contribution is 5.74. The molecule has 0 saturated carbocycles. The van der Waals surface area contributed by atoms with Gasteiger partial charge < -0.3 is 15.7 Å².